The molecule has 0 bridgehead atoms. The fourth-order valence-corrected chi connectivity index (χ4v) is 2.70. The van der Waals surface area contributed by atoms with Gasteiger partial charge in [0.15, 0.2) is 0 Å². The third-order valence-electron chi connectivity index (χ3n) is 3.61. The van der Waals surface area contributed by atoms with Crippen LogP contribution in [0, 0.1) is 0 Å². The highest BCUT2D eigenvalue weighted by Gasteiger charge is 2.39. The molecule has 1 N–H and O–H groups in total. The summed E-state index contributed by atoms with van der Waals surface area (Å²) in [6, 6.07) is 4.96. The highest BCUT2D eigenvalue weighted by molar-refractivity contribution is 5.95. The molecule has 7 heteroatoms. The average molecular weight is 327 g/mol. The Labute approximate surface area is 131 Å². The van der Waals surface area contributed by atoms with Crippen LogP contribution in [0.2, 0.25) is 0 Å². The van der Waals surface area contributed by atoms with E-state index in [0.717, 1.165) is 6.07 Å². The van der Waals surface area contributed by atoms with E-state index in [-0.39, 0.29) is 29.9 Å². The molecule has 0 spiro atoms. The Hall–Kier alpha value is -2.31. The Morgan fingerprint density at radius 2 is 2.00 bits per heavy atom. The lowest BCUT2D eigenvalue weighted by Crippen LogP contribution is -2.35. The zero-order chi connectivity index (χ0) is 17.2. The van der Waals surface area contributed by atoms with Crippen LogP contribution in [-0.2, 0) is 20.5 Å². The molecule has 4 nitrogen and oxygen atoms in total. The number of alkyl halides is 3. The number of benzene rings is 1. The molecule has 1 aromatic carbocycles. The molecule has 1 heterocycles. The predicted molar refractivity (Wildman–Crippen MR) is 76.3 cm³/mol. The third kappa shape index (κ3) is 3.55. The van der Waals surface area contributed by atoms with E-state index in [1.54, 1.807) is 6.92 Å². The molecule has 0 aliphatic carbocycles. The minimum Gasteiger partial charge on any atom is -0.463 e. The van der Waals surface area contributed by atoms with Crippen molar-refractivity contribution in [2.45, 2.75) is 32.4 Å². The molecule has 0 saturated heterocycles. The Morgan fingerprint density at radius 1 is 1.35 bits per heavy atom. The van der Waals surface area contributed by atoms with Crippen LogP contribution in [0.3, 0.4) is 0 Å². The minimum atomic E-state index is -4.57. The van der Waals surface area contributed by atoms with E-state index in [9.17, 15) is 22.8 Å². The standard InChI is InChI=1S/C16H16F3NO3/c1-3-23-15(22)14-9(2)20-13(21)8-11(14)10-6-4-5-7-12(10)16(17,18)19/h4-7,11H,3,8H2,1-2H3,(H,20,21)/t11-/m0/s1. The topological polar surface area (TPSA) is 55.4 Å². The van der Waals surface area contributed by atoms with Gasteiger partial charge in [-0.1, -0.05) is 18.2 Å². The molecule has 124 valence electrons. The third-order valence-corrected chi connectivity index (χ3v) is 3.61. The smallest absolute Gasteiger partial charge is 0.416 e. The number of hydrogen-bond acceptors (Lipinski definition) is 3. The van der Waals surface area contributed by atoms with Gasteiger partial charge in [0, 0.05) is 18.0 Å². The van der Waals surface area contributed by atoms with Gasteiger partial charge in [-0.05, 0) is 25.5 Å². The van der Waals surface area contributed by atoms with Crippen molar-refractivity contribution in [2.75, 3.05) is 6.61 Å². The van der Waals surface area contributed by atoms with E-state index < -0.39 is 29.5 Å². The first kappa shape index (κ1) is 17.1. The van der Waals surface area contributed by atoms with E-state index in [2.05, 4.69) is 5.32 Å². The van der Waals surface area contributed by atoms with Crippen molar-refractivity contribution < 1.29 is 27.5 Å². The lowest BCUT2D eigenvalue weighted by atomic mass is 9.82. The summed E-state index contributed by atoms with van der Waals surface area (Å²) in [6.45, 7) is 3.18. The SMILES string of the molecule is CCOC(=O)C1=C(C)NC(=O)C[C@H]1c1ccccc1C(F)(F)F. The largest absolute Gasteiger partial charge is 0.463 e. The van der Waals surface area contributed by atoms with Crippen molar-refractivity contribution in [1.29, 1.82) is 0 Å². The number of hydrogen-bond donors (Lipinski definition) is 1. The number of rotatable bonds is 3. The number of carbonyl (C=O) groups is 2. The van der Waals surface area contributed by atoms with Crippen LogP contribution in [0.15, 0.2) is 35.5 Å². The fourth-order valence-electron chi connectivity index (χ4n) is 2.70. The molecule has 1 aliphatic heterocycles. The number of nitrogens with one attached hydrogen (secondary N) is 1. The number of carbonyl (C=O) groups excluding carboxylic acids is 2. The highest BCUT2D eigenvalue weighted by atomic mass is 19.4. The Bertz CT molecular complexity index is 665. The van der Waals surface area contributed by atoms with Crippen molar-refractivity contribution in [3.05, 3.63) is 46.7 Å². The minimum absolute atomic E-state index is 0.0585. The molecule has 0 saturated carbocycles. The van der Waals surface area contributed by atoms with Gasteiger partial charge >= 0.3 is 12.1 Å². The molecule has 1 amide bonds. The van der Waals surface area contributed by atoms with E-state index in [1.807, 2.05) is 0 Å². The molecule has 0 radical (unpaired) electrons. The number of ether oxygens (including phenoxy) is 1. The van der Waals surface area contributed by atoms with Gasteiger partial charge in [-0.2, -0.15) is 13.2 Å². The summed E-state index contributed by atoms with van der Waals surface area (Å²) in [4.78, 5) is 23.9. The van der Waals surface area contributed by atoms with Crippen LogP contribution in [0.1, 0.15) is 37.3 Å². The molecule has 1 aliphatic rings. The first-order valence-corrected chi connectivity index (χ1v) is 7.09. The second-order valence-electron chi connectivity index (χ2n) is 5.15. The fraction of sp³-hybridized carbons (Fsp3) is 0.375. The van der Waals surface area contributed by atoms with Gasteiger partial charge in [-0.15, -0.1) is 0 Å². The van der Waals surface area contributed by atoms with Gasteiger partial charge in [0.25, 0.3) is 0 Å². The normalized spacial score (nSPS) is 18.7. The van der Waals surface area contributed by atoms with E-state index in [0.29, 0.717) is 0 Å². The molecule has 2 rings (SSSR count). The second-order valence-corrected chi connectivity index (χ2v) is 5.15. The van der Waals surface area contributed by atoms with Gasteiger partial charge in [0.1, 0.15) is 0 Å². The number of halogens is 3. The molecular formula is C16H16F3NO3. The Balaban J connectivity index is 2.58. The lowest BCUT2D eigenvalue weighted by Gasteiger charge is -2.28. The maximum Gasteiger partial charge on any atom is 0.416 e. The zero-order valence-electron chi connectivity index (χ0n) is 12.7. The summed E-state index contributed by atoms with van der Waals surface area (Å²) in [5.41, 5.74) is -0.670. The summed E-state index contributed by atoms with van der Waals surface area (Å²) >= 11 is 0. The first-order chi connectivity index (χ1) is 10.8. The Morgan fingerprint density at radius 3 is 2.61 bits per heavy atom. The first-order valence-electron chi connectivity index (χ1n) is 7.09. The quantitative estimate of drug-likeness (QED) is 0.868. The van der Waals surface area contributed by atoms with Crippen LogP contribution in [0.4, 0.5) is 13.2 Å². The molecule has 1 atom stereocenters. The van der Waals surface area contributed by atoms with Gasteiger partial charge in [0.2, 0.25) is 5.91 Å². The summed E-state index contributed by atoms with van der Waals surface area (Å²) < 4.78 is 44.7. The van der Waals surface area contributed by atoms with Gasteiger partial charge in [-0.25, -0.2) is 4.79 Å². The summed E-state index contributed by atoms with van der Waals surface area (Å²) in [6.07, 6.45) is -4.81. The molecule has 0 aromatic heterocycles. The zero-order valence-corrected chi connectivity index (χ0v) is 12.7. The van der Waals surface area contributed by atoms with E-state index in [1.165, 1.54) is 25.1 Å². The van der Waals surface area contributed by atoms with Crippen molar-refractivity contribution in [1.82, 2.24) is 5.32 Å². The monoisotopic (exact) mass is 327 g/mol. The average Bonchev–Trinajstić information content (AvgIpc) is 2.45. The van der Waals surface area contributed by atoms with Crippen LogP contribution < -0.4 is 5.32 Å². The van der Waals surface area contributed by atoms with Crippen molar-refractivity contribution in [2.24, 2.45) is 0 Å². The van der Waals surface area contributed by atoms with E-state index in [4.69, 9.17) is 4.74 Å². The summed E-state index contributed by atoms with van der Waals surface area (Å²) in [5, 5.41) is 2.49. The summed E-state index contributed by atoms with van der Waals surface area (Å²) in [5.74, 6) is -2.13. The van der Waals surface area contributed by atoms with Gasteiger partial charge in [-0.3, -0.25) is 4.79 Å². The number of esters is 1. The van der Waals surface area contributed by atoms with Crippen LogP contribution in [0.5, 0.6) is 0 Å². The number of allylic oxidation sites excluding steroid dienone is 1. The van der Waals surface area contributed by atoms with Crippen molar-refractivity contribution >= 4 is 11.9 Å². The molecular weight excluding hydrogens is 311 g/mol. The van der Waals surface area contributed by atoms with Crippen molar-refractivity contribution in [3.63, 3.8) is 0 Å². The lowest BCUT2D eigenvalue weighted by molar-refractivity contribution is -0.141. The van der Waals surface area contributed by atoms with Gasteiger partial charge in [0.05, 0.1) is 17.7 Å². The van der Waals surface area contributed by atoms with Crippen molar-refractivity contribution in [3.8, 4) is 0 Å². The van der Waals surface area contributed by atoms with Crippen LogP contribution in [0.25, 0.3) is 0 Å². The molecule has 0 unspecified atom stereocenters. The van der Waals surface area contributed by atoms with Crippen LogP contribution in [-0.4, -0.2) is 18.5 Å². The maximum absolute atomic E-state index is 13.2. The number of amides is 1. The maximum atomic E-state index is 13.2. The van der Waals surface area contributed by atoms with Crippen LogP contribution >= 0.6 is 0 Å². The highest BCUT2D eigenvalue weighted by Crippen LogP contribution is 2.41. The van der Waals surface area contributed by atoms with Gasteiger partial charge < -0.3 is 10.1 Å². The molecule has 1 aromatic rings. The second kappa shape index (κ2) is 6.44. The van der Waals surface area contributed by atoms with E-state index >= 15 is 0 Å². The molecule has 23 heavy (non-hydrogen) atoms. The molecule has 0 fully saturated rings. The Kier molecular flexibility index (Phi) is 4.77. The predicted octanol–water partition coefficient (Wildman–Crippen LogP) is 3.15. The summed E-state index contributed by atoms with van der Waals surface area (Å²) in [7, 11) is 0.